The summed E-state index contributed by atoms with van der Waals surface area (Å²) < 4.78 is 1.08. The number of H-pyrrole nitrogens is 1. The molecule has 0 aromatic carbocycles. The van der Waals surface area contributed by atoms with E-state index in [1.165, 1.54) is 4.88 Å². The van der Waals surface area contributed by atoms with Gasteiger partial charge in [-0.2, -0.15) is 5.26 Å². The van der Waals surface area contributed by atoms with Gasteiger partial charge in [0.05, 0.1) is 3.79 Å². The molecule has 0 aliphatic rings. The summed E-state index contributed by atoms with van der Waals surface area (Å²) in [6, 6.07) is 5.96. The quantitative estimate of drug-likeness (QED) is 0.771. The predicted octanol–water partition coefficient (Wildman–Crippen LogP) is 2.98. The van der Waals surface area contributed by atoms with Crippen LogP contribution in [0.25, 0.3) is 0 Å². The van der Waals surface area contributed by atoms with E-state index in [1.807, 2.05) is 18.2 Å². The molecule has 2 N–H and O–H groups in total. The Hall–Kier alpha value is -1.91. The van der Waals surface area contributed by atoms with Crippen molar-refractivity contribution in [3.05, 3.63) is 53.5 Å². The SMILES string of the molecule is Cc1[nH]c(=O)c(C#N)c(C)c1CCC(=O)NCCc1ccc(Br)s1. The van der Waals surface area contributed by atoms with E-state index in [0.717, 1.165) is 15.8 Å². The maximum absolute atomic E-state index is 12.0. The first kappa shape index (κ1) is 18.4. The molecule has 0 unspecified atom stereocenters. The molecule has 2 heterocycles. The van der Waals surface area contributed by atoms with Crippen LogP contribution in [0.1, 0.15) is 33.7 Å². The molecular weight excluding hydrogens is 390 g/mol. The van der Waals surface area contributed by atoms with Gasteiger partial charge in [0.2, 0.25) is 5.91 Å². The third kappa shape index (κ3) is 4.56. The maximum Gasteiger partial charge on any atom is 0.266 e. The lowest BCUT2D eigenvalue weighted by Gasteiger charge is -2.11. The van der Waals surface area contributed by atoms with Gasteiger partial charge in [-0.3, -0.25) is 9.59 Å². The number of nitrogens with zero attached hydrogens (tertiary/aromatic N) is 1. The van der Waals surface area contributed by atoms with Gasteiger partial charge in [-0.15, -0.1) is 11.3 Å². The highest BCUT2D eigenvalue weighted by molar-refractivity contribution is 9.11. The topological polar surface area (TPSA) is 85.8 Å². The third-order valence-electron chi connectivity index (χ3n) is 3.84. The maximum atomic E-state index is 12.0. The first-order valence-electron chi connectivity index (χ1n) is 7.55. The lowest BCUT2D eigenvalue weighted by atomic mass is 9.99. The second-order valence-electron chi connectivity index (χ2n) is 5.48. The van der Waals surface area contributed by atoms with Crippen LogP contribution in [-0.2, 0) is 17.6 Å². The fourth-order valence-corrected chi connectivity index (χ4v) is 4.04. The van der Waals surface area contributed by atoms with Crippen molar-refractivity contribution in [3.63, 3.8) is 0 Å². The smallest absolute Gasteiger partial charge is 0.266 e. The van der Waals surface area contributed by atoms with E-state index < -0.39 is 0 Å². The van der Waals surface area contributed by atoms with E-state index in [4.69, 9.17) is 5.26 Å². The van der Waals surface area contributed by atoms with Crippen molar-refractivity contribution in [3.8, 4) is 6.07 Å². The molecule has 5 nitrogen and oxygen atoms in total. The third-order valence-corrected chi connectivity index (χ3v) is 5.53. The molecule has 0 bridgehead atoms. The van der Waals surface area contributed by atoms with Crippen molar-refractivity contribution in [2.24, 2.45) is 0 Å². The van der Waals surface area contributed by atoms with Crippen LogP contribution >= 0.6 is 27.3 Å². The Morgan fingerprint density at radius 3 is 2.75 bits per heavy atom. The normalized spacial score (nSPS) is 10.4. The highest BCUT2D eigenvalue weighted by Crippen LogP contribution is 2.22. The molecule has 24 heavy (non-hydrogen) atoms. The predicted molar refractivity (Wildman–Crippen MR) is 98.3 cm³/mol. The second-order valence-corrected chi connectivity index (χ2v) is 8.02. The molecule has 7 heteroatoms. The fraction of sp³-hybridized carbons (Fsp3) is 0.353. The van der Waals surface area contributed by atoms with Crippen molar-refractivity contribution < 1.29 is 4.79 Å². The number of pyridine rings is 1. The van der Waals surface area contributed by atoms with Gasteiger partial charge in [0.25, 0.3) is 5.56 Å². The van der Waals surface area contributed by atoms with Crippen LogP contribution in [0.5, 0.6) is 0 Å². The zero-order chi connectivity index (χ0) is 17.7. The van der Waals surface area contributed by atoms with E-state index in [0.29, 0.717) is 30.6 Å². The van der Waals surface area contributed by atoms with E-state index >= 15 is 0 Å². The number of carbonyl (C=O) groups excluding carboxylic acids is 1. The second kappa shape index (κ2) is 8.27. The first-order chi connectivity index (χ1) is 11.4. The van der Waals surface area contributed by atoms with Gasteiger partial charge in [-0.05, 0) is 65.9 Å². The van der Waals surface area contributed by atoms with Crippen LogP contribution in [0, 0.1) is 25.2 Å². The van der Waals surface area contributed by atoms with Crippen molar-refractivity contribution in [1.29, 1.82) is 5.26 Å². The fourth-order valence-electron chi connectivity index (χ4n) is 2.56. The Morgan fingerprint density at radius 1 is 1.38 bits per heavy atom. The number of thiophene rings is 1. The van der Waals surface area contributed by atoms with E-state index in [2.05, 4.69) is 26.2 Å². The minimum atomic E-state index is -0.372. The van der Waals surface area contributed by atoms with Gasteiger partial charge < -0.3 is 10.3 Å². The monoisotopic (exact) mass is 407 g/mol. The average molecular weight is 408 g/mol. The molecule has 0 spiro atoms. The molecule has 2 aromatic heterocycles. The number of rotatable bonds is 6. The number of halogens is 1. The van der Waals surface area contributed by atoms with Gasteiger partial charge in [-0.25, -0.2) is 0 Å². The Kier molecular flexibility index (Phi) is 6.35. The number of nitrogens with one attached hydrogen (secondary N) is 2. The molecule has 0 atom stereocenters. The zero-order valence-corrected chi connectivity index (χ0v) is 15.9. The van der Waals surface area contributed by atoms with Crippen molar-refractivity contribution >= 4 is 33.2 Å². The average Bonchev–Trinajstić information content (AvgIpc) is 2.92. The number of aryl methyl sites for hydroxylation is 1. The van der Waals surface area contributed by atoms with Gasteiger partial charge in [0.15, 0.2) is 0 Å². The number of nitriles is 1. The molecular formula is C17H18BrN3O2S. The van der Waals surface area contributed by atoms with Crippen LogP contribution in [0.15, 0.2) is 20.7 Å². The van der Waals surface area contributed by atoms with Crippen LogP contribution in [0.2, 0.25) is 0 Å². The summed E-state index contributed by atoms with van der Waals surface area (Å²) in [6.45, 7) is 4.14. The molecule has 1 amide bonds. The summed E-state index contributed by atoms with van der Waals surface area (Å²) in [4.78, 5) is 27.6. The molecule has 0 fully saturated rings. The van der Waals surface area contributed by atoms with Crippen molar-refractivity contribution in [1.82, 2.24) is 10.3 Å². The van der Waals surface area contributed by atoms with E-state index in [9.17, 15) is 9.59 Å². The number of aromatic nitrogens is 1. The van der Waals surface area contributed by atoms with Crippen molar-refractivity contribution in [2.45, 2.75) is 33.1 Å². The summed E-state index contributed by atoms with van der Waals surface area (Å²) in [5, 5.41) is 12.0. The molecule has 0 saturated heterocycles. The Balaban J connectivity index is 1.90. The first-order valence-corrected chi connectivity index (χ1v) is 9.16. The highest BCUT2D eigenvalue weighted by Gasteiger charge is 2.13. The molecule has 0 radical (unpaired) electrons. The van der Waals surface area contributed by atoms with Gasteiger partial charge >= 0.3 is 0 Å². The highest BCUT2D eigenvalue weighted by atomic mass is 79.9. The molecule has 0 saturated carbocycles. The number of hydrogen-bond donors (Lipinski definition) is 2. The Labute approximate surface area is 152 Å². The van der Waals surface area contributed by atoms with Crippen LogP contribution in [-0.4, -0.2) is 17.4 Å². The summed E-state index contributed by atoms with van der Waals surface area (Å²) in [5.74, 6) is -0.0332. The van der Waals surface area contributed by atoms with Gasteiger partial charge in [0.1, 0.15) is 11.6 Å². The van der Waals surface area contributed by atoms with Crippen LogP contribution < -0.4 is 10.9 Å². The lowest BCUT2D eigenvalue weighted by molar-refractivity contribution is -0.121. The lowest BCUT2D eigenvalue weighted by Crippen LogP contribution is -2.26. The zero-order valence-electron chi connectivity index (χ0n) is 13.5. The number of amides is 1. The van der Waals surface area contributed by atoms with Gasteiger partial charge in [0, 0.05) is 23.5 Å². The summed E-state index contributed by atoms with van der Waals surface area (Å²) in [6.07, 6.45) is 1.63. The molecule has 126 valence electrons. The number of hydrogen-bond acceptors (Lipinski definition) is 4. The van der Waals surface area contributed by atoms with Crippen LogP contribution in [0.4, 0.5) is 0 Å². The number of aromatic amines is 1. The molecule has 2 aromatic rings. The minimum absolute atomic E-state index is 0.0332. The molecule has 2 rings (SSSR count). The summed E-state index contributed by atoms with van der Waals surface area (Å²) in [5.41, 5.74) is 1.99. The van der Waals surface area contributed by atoms with E-state index in [-0.39, 0.29) is 17.0 Å². The number of carbonyl (C=O) groups is 1. The van der Waals surface area contributed by atoms with E-state index in [1.54, 1.807) is 25.2 Å². The Bertz CT molecular complexity index is 848. The summed E-state index contributed by atoms with van der Waals surface area (Å²) in [7, 11) is 0. The Morgan fingerprint density at radius 2 is 2.12 bits per heavy atom. The van der Waals surface area contributed by atoms with Crippen molar-refractivity contribution in [2.75, 3.05) is 6.54 Å². The molecule has 0 aliphatic heterocycles. The minimum Gasteiger partial charge on any atom is -0.356 e. The van der Waals surface area contributed by atoms with Gasteiger partial charge in [-0.1, -0.05) is 0 Å². The standard InChI is InChI=1S/C17H18BrN3O2S/c1-10-13(11(2)21-17(23)14(10)9-19)4-6-16(22)20-8-7-12-3-5-15(18)24-12/h3,5H,4,6-8H2,1-2H3,(H,20,22)(H,21,23). The molecule has 0 aliphatic carbocycles. The summed E-state index contributed by atoms with van der Waals surface area (Å²) >= 11 is 5.08. The van der Waals surface area contributed by atoms with Crippen LogP contribution in [0.3, 0.4) is 0 Å². The largest absolute Gasteiger partial charge is 0.356 e.